The molecule has 140 valence electrons. The van der Waals surface area contributed by atoms with E-state index in [1.165, 1.54) is 25.7 Å². The van der Waals surface area contributed by atoms with Gasteiger partial charge in [0.1, 0.15) is 0 Å². The van der Waals surface area contributed by atoms with E-state index in [-0.39, 0.29) is 17.2 Å². The number of hydrogen-bond acceptors (Lipinski definition) is 3. The van der Waals surface area contributed by atoms with E-state index >= 15 is 0 Å². The van der Waals surface area contributed by atoms with E-state index in [2.05, 4.69) is 4.68 Å². The molecule has 0 bridgehead atoms. The largest absolute Gasteiger partial charge is 0.342 e. The molecule has 1 saturated heterocycles. The third-order valence-electron chi connectivity index (χ3n) is 7.01. The minimum absolute atomic E-state index is 0.0812. The van der Waals surface area contributed by atoms with Crippen LogP contribution in [0, 0.1) is 5.92 Å². The Balaban J connectivity index is 1.44. The molecule has 26 heavy (non-hydrogen) atoms. The van der Waals surface area contributed by atoms with Crippen molar-refractivity contribution in [2.45, 2.75) is 62.8 Å². The summed E-state index contributed by atoms with van der Waals surface area (Å²) in [5.41, 5.74) is 1.72. The van der Waals surface area contributed by atoms with Gasteiger partial charge in [-0.05, 0) is 38.5 Å². The van der Waals surface area contributed by atoms with Crippen molar-refractivity contribution in [3.8, 4) is 0 Å². The maximum atomic E-state index is 12.7. The molecule has 3 fully saturated rings. The quantitative estimate of drug-likeness (QED) is 0.817. The van der Waals surface area contributed by atoms with Crippen molar-refractivity contribution in [2.75, 3.05) is 26.7 Å². The molecule has 6 heteroatoms. The van der Waals surface area contributed by atoms with Crippen LogP contribution in [0.15, 0.2) is 6.20 Å². The van der Waals surface area contributed by atoms with Gasteiger partial charge < -0.3 is 9.80 Å². The summed E-state index contributed by atoms with van der Waals surface area (Å²) in [6.07, 6.45) is 10.8. The highest BCUT2D eigenvalue weighted by atomic mass is 16.2. The van der Waals surface area contributed by atoms with Gasteiger partial charge in [0.15, 0.2) is 0 Å². The molecule has 0 unspecified atom stereocenters. The predicted molar refractivity (Wildman–Crippen MR) is 96.9 cm³/mol. The zero-order chi connectivity index (χ0) is 17.9. The third kappa shape index (κ3) is 2.48. The van der Waals surface area contributed by atoms with Gasteiger partial charge in [0.05, 0.1) is 17.3 Å². The fraction of sp³-hybridized carbons (Fsp3) is 0.750. The Bertz CT molecular complexity index is 737. The van der Waals surface area contributed by atoms with Crippen molar-refractivity contribution in [3.05, 3.63) is 17.5 Å². The highest BCUT2D eigenvalue weighted by Crippen LogP contribution is 2.43. The molecule has 6 nitrogen and oxygen atoms in total. The first-order valence-electron chi connectivity index (χ1n) is 10.2. The summed E-state index contributed by atoms with van der Waals surface area (Å²) in [5, 5.41) is 4.98. The van der Waals surface area contributed by atoms with Crippen LogP contribution in [0.25, 0.3) is 0 Å². The lowest BCUT2D eigenvalue weighted by Crippen LogP contribution is -2.54. The third-order valence-corrected chi connectivity index (χ3v) is 7.01. The van der Waals surface area contributed by atoms with E-state index < -0.39 is 0 Å². The zero-order valence-corrected chi connectivity index (χ0v) is 15.6. The van der Waals surface area contributed by atoms with Crippen molar-refractivity contribution in [3.63, 3.8) is 0 Å². The van der Waals surface area contributed by atoms with Crippen molar-refractivity contribution in [1.82, 2.24) is 19.6 Å². The van der Waals surface area contributed by atoms with Crippen molar-refractivity contribution in [2.24, 2.45) is 5.92 Å². The van der Waals surface area contributed by atoms with Gasteiger partial charge in [0, 0.05) is 44.2 Å². The lowest BCUT2D eigenvalue weighted by atomic mass is 9.72. The molecule has 0 aromatic carbocycles. The van der Waals surface area contributed by atoms with Crippen LogP contribution in [0.1, 0.15) is 73.5 Å². The number of rotatable bonds is 2. The van der Waals surface area contributed by atoms with Gasteiger partial charge in [-0.25, -0.2) is 0 Å². The summed E-state index contributed by atoms with van der Waals surface area (Å²) in [4.78, 5) is 29.1. The van der Waals surface area contributed by atoms with Crippen LogP contribution >= 0.6 is 0 Å². The summed E-state index contributed by atoms with van der Waals surface area (Å²) in [6, 6.07) is 0.451. The Kier molecular flexibility index (Phi) is 3.66. The molecule has 2 amide bonds. The summed E-state index contributed by atoms with van der Waals surface area (Å²) >= 11 is 0. The second kappa shape index (κ2) is 5.83. The molecule has 1 aromatic rings. The number of amides is 2. The molecule has 2 aliphatic carbocycles. The van der Waals surface area contributed by atoms with Gasteiger partial charge in [0.2, 0.25) is 5.91 Å². The molecular weight excluding hydrogens is 328 g/mol. The average molecular weight is 356 g/mol. The van der Waals surface area contributed by atoms with Crippen LogP contribution in [0.2, 0.25) is 0 Å². The fourth-order valence-corrected chi connectivity index (χ4v) is 5.24. The van der Waals surface area contributed by atoms with Crippen LogP contribution in [0.4, 0.5) is 0 Å². The number of aromatic nitrogens is 2. The van der Waals surface area contributed by atoms with E-state index in [0.29, 0.717) is 11.9 Å². The highest BCUT2D eigenvalue weighted by molar-refractivity contribution is 5.96. The number of carbonyl (C=O) groups excluding carboxylic acids is 2. The second-order valence-corrected chi connectivity index (χ2v) is 8.85. The minimum Gasteiger partial charge on any atom is -0.342 e. The second-order valence-electron chi connectivity index (χ2n) is 8.85. The molecule has 3 heterocycles. The van der Waals surface area contributed by atoms with Crippen molar-refractivity contribution >= 4 is 11.8 Å². The van der Waals surface area contributed by atoms with Crippen LogP contribution in [-0.2, 0) is 10.2 Å². The van der Waals surface area contributed by atoms with Gasteiger partial charge in [-0.1, -0.05) is 12.8 Å². The number of likely N-dealkylation sites (tertiary alicyclic amines) is 1. The molecule has 0 radical (unpaired) electrons. The number of hydrogen-bond donors (Lipinski definition) is 0. The molecule has 1 aromatic heterocycles. The summed E-state index contributed by atoms with van der Waals surface area (Å²) in [7, 11) is 1.90. The molecule has 1 spiro atoms. The van der Waals surface area contributed by atoms with Crippen LogP contribution in [0.5, 0.6) is 0 Å². The Hall–Kier alpha value is -1.85. The first-order chi connectivity index (χ1) is 12.6. The topological polar surface area (TPSA) is 58.4 Å². The lowest BCUT2D eigenvalue weighted by Gasteiger charge is -2.45. The van der Waals surface area contributed by atoms with Crippen LogP contribution in [-0.4, -0.2) is 58.1 Å². The molecule has 4 aliphatic rings. The van der Waals surface area contributed by atoms with Gasteiger partial charge in [-0.15, -0.1) is 0 Å². The fourth-order valence-electron chi connectivity index (χ4n) is 5.24. The molecule has 2 saturated carbocycles. The normalized spacial score (nSPS) is 25.8. The van der Waals surface area contributed by atoms with Crippen LogP contribution in [0.3, 0.4) is 0 Å². The van der Waals surface area contributed by atoms with E-state index in [9.17, 15) is 9.59 Å². The monoisotopic (exact) mass is 356 g/mol. The van der Waals surface area contributed by atoms with E-state index in [4.69, 9.17) is 5.10 Å². The molecule has 0 N–H and O–H groups in total. The molecule has 5 rings (SSSR count). The number of nitrogens with zero attached hydrogens (tertiary/aromatic N) is 4. The average Bonchev–Trinajstić information content (AvgIpc) is 3.16. The summed E-state index contributed by atoms with van der Waals surface area (Å²) in [6.45, 7) is 2.33. The predicted octanol–water partition coefficient (Wildman–Crippen LogP) is 2.35. The van der Waals surface area contributed by atoms with E-state index in [1.54, 1.807) is 0 Å². The Morgan fingerprint density at radius 3 is 2.50 bits per heavy atom. The van der Waals surface area contributed by atoms with Gasteiger partial charge in [-0.2, -0.15) is 5.10 Å². The van der Waals surface area contributed by atoms with Crippen molar-refractivity contribution in [1.29, 1.82) is 0 Å². The first-order valence-corrected chi connectivity index (χ1v) is 10.2. The van der Waals surface area contributed by atoms with E-state index in [1.807, 2.05) is 23.0 Å². The molecule has 0 atom stereocenters. The summed E-state index contributed by atoms with van der Waals surface area (Å²) in [5.74, 6) is 0.736. The lowest BCUT2D eigenvalue weighted by molar-refractivity contribution is -0.134. The minimum atomic E-state index is -0.0812. The SMILES string of the molecule is CN1CC2(CCN(C(=O)C3CC3)CC2)c2nn(C3CCCC3)cc2C1=O. The number of likely N-dealkylation sites (N-methyl/N-ethyl adjacent to an activating group) is 1. The van der Waals surface area contributed by atoms with Crippen LogP contribution < -0.4 is 0 Å². The standard InChI is InChI=1S/C20H28N4O2/c1-22-13-20(8-10-23(11-9-20)18(25)14-6-7-14)17-16(19(22)26)12-24(21-17)15-4-2-3-5-15/h12,14-15H,2-11,13H2,1H3. The molecular formula is C20H28N4O2. The highest BCUT2D eigenvalue weighted by Gasteiger charge is 2.48. The van der Waals surface area contributed by atoms with Gasteiger partial charge in [-0.3, -0.25) is 14.3 Å². The zero-order valence-electron chi connectivity index (χ0n) is 15.6. The van der Waals surface area contributed by atoms with Crippen molar-refractivity contribution < 1.29 is 9.59 Å². The number of fused-ring (bicyclic) bond motifs is 2. The maximum Gasteiger partial charge on any atom is 0.257 e. The Morgan fingerprint density at radius 2 is 1.85 bits per heavy atom. The first kappa shape index (κ1) is 16.3. The summed E-state index contributed by atoms with van der Waals surface area (Å²) < 4.78 is 2.08. The number of piperidine rings is 1. The Labute approximate surface area is 154 Å². The number of carbonyl (C=O) groups is 2. The smallest absolute Gasteiger partial charge is 0.257 e. The van der Waals surface area contributed by atoms with E-state index in [0.717, 1.165) is 56.6 Å². The maximum absolute atomic E-state index is 12.7. The van der Waals surface area contributed by atoms with Gasteiger partial charge >= 0.3 is 0 Å². The van der Waals surface area contributed by atoms with Gasteiger partial charge in [0.25, 0.3) is 5.91 Å². The molecule has 2 aliphatic heterocycles. The Morgan fingerprint density at radius 1 is 1.15 bits per heavy atom.